The van der Waals surface area contributed by atoms with Gasteiger partial charge in [-0.25, -0.2) is 8.42 Å². The number of nitrogens with zero attached hydrogens (tertiary/aromatic N) is 2. The molecule has 0 saturated heterocycles. The summed E-state index contributed by atoms with van der Waals surface area (Å²) >= 11 is 6.03. The Morgan fingerprint density at radius 3 is 2.60 bits per heavy atom. The molecule has 0 aromatic heterocycles. The number of hydrazone groups is 1. The molecule has 0 fully saturated rings. The van der Waals surface area contributed by atoms with Crippen LogP contribution in [0, 0.1) is 23.7 Å². The normalized spacial score (nSPS) is 11.8. The maximum absolute atomic E-state index is 11.5. The third kappa shape index (κ3) is 3.69. The van der Waals surface area contributed by atoms with E-state index in [4.69, 9.17) is 28.0 Å². The molecule has 0 heterocycles. The molecule has 20 heavy (non-hydrogen) atoms. The van der Waals surface area contributed by atoms with E-state index in [1.165, 1.54) is 12.1 Å². The van der Waals surface area contributed by atoms with E-state index in [9.17, 15) is 8.42 Å². The molecule has 1 aromatic carbocycles. The lowest BCUT2D eigenvalue weighted by molar-refractivity contribution is 0.602. The molecule has 0 saturated carbocycles. The summed E-state index contributed by atoms with van der Waals surface area (Å²) in [7, 11) is -3.40. The molecule has 7 nitrogen and oxygen atoms in total. The molecule has 0 radical (unpaired) electrons. The van der Waals surface area contributed by atoms with Crippen molar-refractivity contribution >= 4 is 38.7 Å². The molecule has 0 aliphatic heterocycles. The van der Waals surface area contributed by atoms with Crippen LogP contribution in [0.4, 0.5) is 5.69 Å². The fourth-order valence-electron chi connectivity index (χ4n) is 1.29. The van der Waals surface area contributed by atoms with E-state index < -0.39 is 15.7 Å². The average Bonchev–Trinajstić information content (AvgIpc) is 2.33. The lowest BCUT2D eigenvalue weighted by atomic mass is 10.2. The van der Waals surface area contributed by atoms with Gasteiger partial charge in [-0.1, -0.05) is 11.6 Å². The number of hydrogen-bond acceptors (Lipinski definition) is 6. The van der Waals surface area contributed by atoms with Gasteiger partial charge in [-0.15, -0.1) is 0 Å². The number of aryl methyl sites for hydroxylation is 1. The Kier molecular flexibility index (Phi) is 4.70. The first-order valence-electron chi connectivity index (χ1n) is 5.25. The van der Waals surface area contributed by atoms with Gasteiger partial charge in [0.05, 0.1) is 15.6 Å². The first kappa shape index (κ1) is 15.9. The second-order valence-electron chi connectivity index (χ2n) is 3.97. The van der Waals surface area contributed by atoms with Gasteiger partial charge in [0.25, 0.3) is 0 Å². The summed E-state index contributed by atoms with van der Waals surface area (Å²) in [4.78, 5) is 0.0680. The molecule has 106 valence electrons. The molecule has 0 spiro atoms. The topological polar surface area (TPSA) is 132 Å². The Labute approximate surface area is 121 Å². The summed E-state index contributed by atoms with van der Waals surface area (Å²) in [5.41, 5.74) is 8.00. The second-order valence-corrected chi connectivity index (χ2v) is 6.37. The standard InChI is InChI=1S/C11H12ClN5O2S/c1-6-3-7(20(2,18)19)4-8(10(6)12)16-17-9(5-13)11(14)15/h3-4,16H,1-2H3,(H3,14,15)/b17-9+. The third-order valence-corrected chi connectivity index (χ3v) is 3.90. The van der Waals surface area contributed by atoms with E-state index in [1.807, 2.05) is 0 Å². The van der Waals surface area contributed by atoms with Crippen LogP contribution >= 0.6 is 11.6 Å². The molecule has 9 heteroatoms. The van der Waals surface area contributed by atoms with Crippen molar-refractivity contribution in [2.75, 3.05) is 11.7 Å². The largest absolute Gasteiger partial charge is 0.382 e. The highest BCUT2D eigenvalue weighted by atomic mass is 35.5. The van der Waals surface area contributed by atoms with E-state index >= 15 is 0 Å². The SMILES string of the molecule is Cc1cc(S(C)(=O)=O)cc(N/N=C(\C#N)C(=N)N)c1Cl. The van der Waals surface area contributed by atoms with Gasteiger partial charge in [-0.3, -0.25) is 10.8 Å². The molecular weight excluding hydrogens is 302 g/mol. The van der Waals surface area contributed by atoms with E-state index in [-0.39, 0.29) is 21.3 Å². The van der Waals surface area contributed by atoms with Crippen molar-refractivity contribution in [1.29, 1.82) is 10.7 Å². The number of amidine groups is 1. The highest BCUT2D eigenvalue weighted by molar-refractivity contribution is 7.90. The molecule has 0 aliphatic rings. The number of nitrogens with two attached hydrogens (primary N) is 1. The lowest BCUT2D eigenvalue weighted by Gasteiger charge is -2.09. The van der Waals surface area contributed by atoms with Crippen molar-refractivity contribution in [1.82, 2.24) is 0 Å². The van der Waals surface area contributed by atoms with E-state index in [1.54, 1.807) is 13.0 Å². The van der Waals surface area contributed by atoms with Crippen LogP contribution in [0.15, 0.2) is 22.1 Å². The van der Waals surface area contributed by atoms with Crippen molar-refractivity contribution in [3.8, 4) is 6.07 Å². The number of benzene rings is 1. The van der Waals surface area contributed by atoms with Crippen molar-refractivity contribution in [3.63, 3.8) is 0 Å². The van der Waals surface area contributed by atoms with Crippen LogP contribution in [0.2, 0.25) is 5.02 Å². The minimum absolute atomic E-state index is 0.0680. The number of hydrogen-bond donors (Lipinski definition) is 3. The molecule has 0 aliphatic carbocycles. The monoisotopic (exact) mass is 313 g/mol. The molecule has 4 N–H and O–H groups in total. The van der Waals surface area contributed by atoms with Crippen LogP contribution in [0.25, 0.3) is 0 Å². The Bertz CT molecular complexity index is 734. The Morgan fingerprint density at radius 1 is 1.55 bits per heavy atom. The Balaban J connectivity index is 3.30. The number of nitrogens with one attached hydrogen (secondary N) is 2. The van der Waals surface area contributed by atoms with Crippen LogP contribution in [0.1, 0.15) is 5.56 Å². The highest BCUT2D eigenvalue weighted by Gasteiger charge is 2.13. The fraction of sp³-hybridized carbons (Fsp3) is 0.182. The number of nitriles is 1. The van der Waals surface area contributed by atoms with Gasteiger partial charge >= 0.3 is 0 Å². The third-order valence-electron chi connectivity index (χ3n) is 2.31. The predicted molar refractivity (Wildman–Crippen MR) is 77.9 cm³/mol. The van der Waals surface area contributed by atoms with Gasteiger partial charge in [-0.2, -0.15) is 10.4 Å². The van der Waals surface area contributed by atoms with Gasteiger partial charge in [0.1, 0.15) is 6.07 Å². The Morgan fingerprint density at radius 2 is 2.15 bits per heavy atom. The van der Waals surface area contributed by atoms with Gasteiger partial charge in [0, 0.05) is 6.26 Å². The summed E-state index contributed by atoms with van der Waals surface area (Å²) in [6.07, 6.45) is 1.07. The molecule has 0 amide bonds. The maximum atomic E-state index is 11.5. The number of sulfone groups is 1. The number of anilines is 1. The van der Waals surface area contributed by atoms with Crippen LogP contribution < -0.4 is 11.2 Å². The van der Waals surface area contributed by atoms with Gasteiger partial charge in [0.15, 0.2) is 15.7 Å². The first-order valence-corrected chi connectivity index (χ1v) is 7.52. The fourth-order valence-corrected chi connectivity index (χ4v) is 2.17. The minimum atomic E-state index is -3.40. The summed E-state index contributed by atoms with van der Waals surface area (Å²) in [5.74, 6) is -0.507. The van der Waals surface area contributed by atoms with Crippen molar-refractivity contribution in [2.45, 2.75) is 11.8 Å². The van der Waals surface area contributed by atoms with E-state index in [2.05, 4.69) is 10.5 Å². The predicted octanol–water partition coefficient (Wildman–Crippen LogP) is 1.28. The van der Waals surface area contributed by atoms with Crippen LogP contribution in [-0.4, -0.2) is 26.2 Å². The summed E-state index contributed by atoms with van der Waals surface area (Å²) < 4.78 is 23.1. The summed E-state index contributed by atoms with van der Waals surface area (Å²) in [6.45, 7) is 1.64. The van der Waals surface area contributed by atoms with E-state index in [0.717, 1.165) is 6.26 Å². The number of halogens is 1. The van der Waals surface area contributed by atoms with Crippen LogP contribution in [0.5, 0.6) is 0 Å². The molecule has 0 unspecified atom stereocenters. The molecule has 0 atom stereocenters. The summed E-state index contributed by atoms with van der Waals surface area (Å²) in [6, 6.07) is 4.36. The highest BCUT2D eigenvalue weighted by Crippen LogP contribution is 2.29. The average molecular weight is 314 g/mol. The van der Waals surface area contributed by atoms with E-state index in [0.29, 0.717) is 5.56 Å². The van der Waals surface area contributed by atoms with Crippen LogP contribution in [0.3, 0.4) is 0 Å². The zero-order chi connectivity index (χ0) is 15.5. The zero-order valence-corrected chi connectivity index (χ0v) is 12.3. The van der Waals surface area contributed by atoms with Crippen molar-refractivity contribution < 1.29 is 8.42 Å². The minimum Gasteiger partial charge on any atom is -0.382 e. The number of rotatable bonds is 4. The quantitative estimate of drug-likeness (QED) is 0.437. The van der Waals surface area contributed by atoms with Gasteiger partial charge in [0.2, 0.25) is 5.71 Å². The second kappa shape index (κ2) is 5.90. The van der Waals surface area contributed by atoms with Gasteiger partial charge in [-0.05, 0) is 24.6 Å². The Hall–Kier alpha value is -2.11. The van der Waals surface area contributed by atoms with Crippen molar-refractivity contribution in [2.24, 2.45) is 10.8 Å². The van der Waals surface area contributed by atoms with Crippen LogP contribution in [-0.2, 0) is 9.84 Å². The lowest BCUT2D eigenvalue weighted by Crippen LogP contribution is -2.22. The zero-order valence-electron chi connectivity index (χ0n) is 10.7. The maximum Gasteiger partial charge on any atom is 0.201 e. The van der Waals surface area contributed by atoms with Gasteiger partial charge < -0.3 is 5.73 Å². The molecule has 1 aromatic rings. The smallest absolute Gasteiger partial charge is 0.201 e. The summed E-state index contributed by atoms with van der Waals surface area (Å²) in [5, 5.41) is 19.7. The molecular formula is C11H12ClN5O2S. The molecule has 1 rings (SSSR count). The first-order chi connectivity index (χ1) is 9.16. The molecule has 0 bridgehead atoms. The van der Waals surface area contributed by atoms with Crippen molar-refractivity contribution in [3.05, 3.63) is 22.7 Å².